The summed E-state index contributed by atoms with van der Waals surface area (Å²) in [4.78, 5) is 35.7. The molecule has 2 amide bonds. The number of amides is 2. The number of ether oxygens (including phenoxy) is 1. The Morgan fingerprint density at radius 2 is 1.85 bits per heavy atom. The lowest BCUT2D eigenvalue weighted by molar-refractivity contribution is -0.145. The average Bonchev–Trinajstić information content (AvgIpc) is 2.61. The highest BCUT2D eigenvalue weighted by molar-refractivity contribution is 5.98. The molecule has 1 aliphatic rings. The molecule has 0 saturated heterocycles. The maximum Gasteiger partial charge on any atom is 0.355 e. The zero-order chi connectivity index (χ0) is 18.9. The number of esters is 1. The van der Waals surface area contributed by atoms with Gasteiger partial charge in [0.15, 0.2) is 6.61 Å². The SMILES string of the molecule is CC(=O)N/C(=C\c1ccccc1)C(=O)OCC(=O)N[C@@H]1CCCC[C@@H]1C. The Kier molecular flexibility index (Phi) is 7.38. The van der Waals surface area contributed by atoms with Crippen molar-refractivity contribution in [2.75, 3.05) is 6.61 Å². The van der Waals surface area contributed by atoms with Crippen LogP contribution in [0, 0.1) is 5.92 Å². The molecule has 0 aliphatic heterocycles. The van der Waals surface area contributed by atoms with Crippen molar-refractivity contribution >= 4 is 23.9 Å². The zero-order valence-corrected chi connectivity index (χ0v) is 15.3. The first-order valence-corrected chi connectivity index (χ1v) is 8.96. The Morgan fingerprint density at radius 3 is 2.50 bits per heavy atom. The predicted molar refractivity (Wildman–Crippen MR) is 98.8 cm³/mol. The minimum absolute atomic E-state index is 0.00235. The Labute approximate surface area is 154 Å². The van der Waals surface area contributed by atoms with E-state index in [0.29, 0.717) is 5.92 Å². The summed E-state index contributed by atoms with van der Waals surface area (Å²) >= 11 is 0. The van der Waals surface area contributed by atoms with E-state index < -0.39 is 5.97 Å². The van der Waals surface area contributed by atoms with Crippen molar-refractivity contribution < 1.29 is 19.1 Å². The summed E-state index contributed by atoms with van der Waals surface area (Å²) in [5.41, 5.74) is 0.746. The molecule has 1 fully saturated rings. The minimum atomic E-state index is -0.740. The predicted octanol–water partition coefficient (Wildman–Crippen LogP) is 2.40. The third-order valence-electron chi connectivity index (χ3n) is 4.43. The van der Waals surface area contributed by atoms with Gasteiger partial charge < -0.3 is 15.4 Å². The van der Waals surface area contributed by atoms with E-state index in [2.05, 4.69) is 17.6 Å². The third-order valence-corrected chi connectivity index (χ3v) is 4.43. The molecule has 2 rings (SSSR count). The molecule has 1 aliphatic carbocycles. The zero-order valence-electron chi connectivity index (χ0n) is 15.3. The van der Waals surface area contributed by atoms with Gasteiger partial charge in [-0.2, -0.15) is 0 Å². The highest BCUT2D eigenvalue weighted by Gasteiger charge is 2.23. The van der Waals surface area contributed by atoms with Gasteiger partial charge in [-0.3, -0.25) is 9.59 Å². The fourth-order valence-electron chi connectivity index (χ4n) is 3.04. The molecule has 0 spiro atoms. The van der Waals surface area contributed by atoms with Crippen LogP contribution < -0.4 is 10.6 Å². The van der Waals surface area contributed by atoms with Crippen LogP contribution in [0.15, 0.2) is 36.0 Å². The molecule has 1 aromatic rings. The van der Waals surface area contributed by atoms with Gasteiger partial charge in [-0.1, -0.05) is 50.1 Å². The Hall–Kier alpha value is -2.63. The van der Waals surface area contributed by atoms with E-state index in [1.807, 2.05) is 18.2 Å². The summed E-state index contributed by atoms with van der Waals surface area (Å²) in [5.74, 6) is -1.02. The average molecular weight is 358 g/mol. The van der Waals surface area contributed by atoms with Crippen LogP contribution in [-0.2, 0) is 19.1 Å². The number of carbonyl (C=O) groups excluding carboxylic acids is 3. The van der Waals surface area contributed by atoms with Crippen LogP contribution in [0.4, 0.5) is 0 Å². The Morgan fingerprint density at radius 1 is 1.15 bits per heavy atom. The minimum Gasteiger partial charge on any atom is -0.451 e. The lowest BCUT2D eigenvalue weighted by Gasteiger charge is -2.29. The van der Waals surface area contributed by atoms with E-state index in [1.54, 1.807) is 12.1 Å². The second kappa shape index (κ2) is 9.75. The summed E-state index contributed by atoms with van der Waals surface area (Å²) < 4.78 is 5.08. The molecule has 26 heavy (non-hydrogen) atoms. The van der Waals surface area contributed by atoms with Crippen LogP contribution in [0.5, 0.6) is 0 Å². The number of carbonyl (C=O) groups is 3. The van der Waals surface area contributed by atoms with Crippen molar-refractivity contribution in [3.63, 3.8) is 0 Å². The highest BCUT2D eigenvalue weighted by Crippen LogP contribution is 2.23. The monoisotopic (exact) mass is 358 g/mol. The Balaban J connectivity index is 1.93. The molecule has 0 unspecified atom stereocenters. The largest absolute Gasteiger partial charge is 0.451 e. The number of rotatable bonds is 6. The first-order valence-electron chi connectivity index (χ1n) is 8.96. The van der Waals surface area contributed by atoms with Gasteiger partial charge in [0.2, 0.25) is 5.91 Å². The second-order valence-corrected chi connectivity index (χ2v) is 6.66. The van der Waals surface area contributed by atoms with Crippen molar-refractivity contribution in [2.24, 2.45) is 5.92 Å². The van der Waals surface area contributed by atoms with E-state index in [9.17, 15) is 14.4 Å². The number of hydrogen-bond donors (Lipinski definition) is 2. The molecule has 0 radical (unpaired) electrons. The molecule has 0 heterocycles. The van der Waals surface area contributed by atoms with Crippen molar-refractivity contribution in [1.29, 1.82) is 0 Å². The molecule has 6 heteroatoms. The second-order valence-electron chi connectivity index (χ2n) is 6.66. The van der Waals surface area contributed by atoms with Crippen LogP contribution >= 0.6 is 0 Å². The molecule has 0 aromatic heterocycles. The van der Waals surface area contributed by atoms with Crippen molar-refractivity contribution in [3.8, 4) is 0 Å². The number of nitrogens with one attached hydrogen (secondary N) is 2. The van der Waals surface area contributed by atoms with Gasteiger partial charge in [-0.25, -0.2) is 4.79 Å². The quantitative estimate of drug-likeness (QED) is 0.604. The van der Waals surface area contributed by atoms with Crippen LogP contribution in [-0.4, -0.2) is 30.4 Å². The van der Waals surface area contributed by atoms with Gasteiger partial charge in [0.05, 0.1) is 0 Å². The third kappa shape index (κ3) is 6.35. The van der Waals surface area contributed by atoms with Gasteiger partial charge in [0.25, 0.3) is 5.91 Å². The van der Waals surface area contributed by atoms with E-state index >= 15 is 0 Å². The van der Waals surface area contributed by atoms with Crippen LogP contribution in [0.25, 0.3) is 6.08 Å². The van der Waals surface area contributed by atoms with Crippen LogP contribution in [0.1, 0.15) is 45.1 Å². The van der Waals surface area contributed by atoms with Gasteiger partial charge in [0.1, 0.15) is 5.70 Å². The lowest BCUT2D eigenvalue weighted by Crippen LogP contribution is -2.43. The maximum absolute atomic E-state index is 12.3. The number of hydrogen-bond acceptors (Lipinski definition) is 4. The molecule has 140 valence electrons. The molecule has 1 saturated carbocycles. The topological polar surface area (TPSA) is 84.5 Å². The van der Waals surface area contributed by atoms with Crippen LogP contribution in [0.3, 0.4) is 0 Å². The first-order chi connectivity index (χ1) is 12.5. The van der Waals surface area contributed by atoms with E-state index in [1.165, 1.54) is 19.4 Å². The molecule has 1 aromatic carbocycles. The molecular weight excluding hydrogens is 332 g/mol. The van der Waals surface area contributed by atoms with Gasteiger partial charge in [0, 0.05) is 13.0 Å². The smallest absolute Gasteiger partial charge is 0.355 e. The highest BCUT2D eigenvalue weighted by atomic mass is 16.5. The summed E-state index contributed by atoms with van der Waals surface area (Å²) in [5, 5.41) is 5.39. The summed E-state index contributed by atoms with van der Waals surface area (Å²) in [6, 6.07) is 9.22. The molecule has 0 bridgehead atoms. The standard InChI is InChI=1S/C20H26N2O4/c1-14-8-6-7-11-17(14)22-19(24)13-26-20(25)18(21-15(2)23)12-16-9-4-3-5-10-16/h3-5,9-10,12,14,17H,6-8,11,13H2,1-2H3,(H,21,23)(H,22,24)/b18-12-/t14-,17+/m0/s1. The van der Waals surface area contributed by atoms with Crippen molar-refractivity contribution in [1.82, 2.24) is 10.6 Å². The number of benzene rings is 1. The molecule has 2 atom stereocenters. The Bertz CT molecular complexity index is 670. The normalized spacial score (nSPS) is 20.2. The molecule has 6 nitrogen and oxygen atoms in total. The van der Waals surface area contributed by atoms with E-state index in [-0.39, 0.29) is 30.2 Å². The van der Waals surface area contributed by atoms with E-state index in [0.717, 1.165) is 24.8 Å². The molecule has 2 N–H and O–H groups in total. The molecular formula is C20H26N2O4. The van der Waals surface area contributed by atoms with Crippen molar-refractivity contribution in [2.45, 2.75) is 45.6 Å². The summed E-state index contributed by atoms with van der Waals surface area (Å²) in [6.45, 7) is 3.06. The lowest BCUT2D eigenvalue weighted by atomic mass is 9.86. The van der Waals surface area contributed by atoms with Gasteiger partial charge in [-0.15, -0.1) is 0 Å². The maximum atomic E-state index is 12.3. The fraction of sp³-hybridized carbons (Fsp3) is 0.450. The fourth-order valence-corrected chi connectivity index (χ4v) is 3.04. The van der Waals surface area contributed by atoms with Gasteiger partial charge in [-0.05, 0) is 30.4 Å². The van der Waals surface area contributed by atoms with Crippen LogP contribution in [0.2, 0.25) is 0 Å². The van der Waals surface area contributed by atoms with Crippen molar-refractivity contribution in [3.05, 3.63) is 41.6 Å². The summed E-state index contributed by atoms with van der Waals surface area (Å²) in [6.07, 6.45) is 5.85. The summed E-state index contributed by atoms with van der Waals surface area (Å²) in [7, 11) is 0. The van der Waals surface area contributed by atoms with Gasteiger partial charge >= 0.3 is 5.97 Å². The van der Waals surface area contributed by atoms with E-state index in [4.69, 9.17) is 4.74 Å². The first kappa shape index (κ1) is 19.7.